The smallest absolute Gasteiger partial charge is 0.278 e. The average Bonchev–Trinajstić information content (AvgIpc) is 2.88. The van der Waals surface area contributed by atoms with Gasteiger partial charge in [0.15, 0.2) is 12.4 Å². The number of nitrogens with zero attached hydrogens (tertiary/aromatic N) is 2. The molecule has 5 heteroatoms. The molecule has 0 saturated carbocycles. The number of anilines is 1. The third-order valence-corrected chi connectivity index (χ3v) is 5.87. The van der Waals surface area contributed by atoms with Crippen molar-refractivity contribution in [1.82, 2.24) is 4.98 Å². The third-order valence-electron chi connectivity index (χ3n) is 5.87. The highest BCUT2D eigenvalue weighted by atomic mass is 16.3. The van der Waals surface area contributed by atoms with Crippen molar-refractivity contribution < 1.29 is 9.67 Å². The number of likely N-dealkylation sites (N-methyl/N-ethyl adjacent to an activating group) is 1. The second kappa shape index (κ2) is 7.02. The van der Waals surface area contributed by atoms with Gasteiger partial charge in [0.25, 0.3) is 17.1 Å². The van der Waals surface area contributed by atoms with Gasteiger partial charge in [0.2, 0.25) is 0 Å². The zero-order valence-corrected chi connectivity index (χ0v) is 17.7. The highest BCUT2D eigenvalue weighted by Gasteiger charge is 2.37. The molecule has 0 spiro atoms. The summed E-state index contributed by atoms with van der Waals surface area (Å²) in [5.41, 5.74) is 4.42. The molecule has 2 aromatic heterocycles. The Bertz CT molecular complexity index is 1350. The molecule has 0 atom stereocenters. The molecule has 2 N–H and O–H groups in total. The summed E-state index contributed by atoms with van der Waals surface area (Å²) in [5, 5.41) is 11.3. The number of aryl methyl sites for hydroxylation is 1. The van der Waals surface area contributed by atoms with Crippen LogP contribution in [-0.2, 0) is 5.41 Å². The lowest BCUT2D eigenvalue weighted by Crippen LogP contribution is -2.48. The van der Waals surface area contributed by atoms with Gasteiger partial charge in [0.05, 0.1) is 10.4 Å². The van der Waals surface area contributed by atoms with Crippen LogP contribution in [0.3, 0.4) is 0 Å². The lowest BCUT2D eigenvalue weighted by Gasteiger charge is -2.23. The van der Waals surface area contributed by atoms with Crippen molar-refractivity contribution in [3.8, 4) is 11.6 Å². The average molecular weight is 401 g/mol. The summed E-state index contributed by atoms with van der Waals surface area (Å²) in [6, 6.07) is 12.2. The van der Waals surface area contributed by atoms with E-state index in [1.165, 1.54) is 5.56 Å². The predicted molar refractivity (Wildman–Crippen MR) is 120 cm³/mol. The van der Waals surface area contributed by atoms with E-state index in [0.29, 0.717) is 16.1 Å². The summed E-state index contributed by atoms with van der Waals surface area (Å²) in [5.74, 6) is -0.198. The molecule has 3 aromatic rings. The molecule has 0 saturated heterocycles. The van der Waals surface area contributed by atoms with Gasteiger partial charge < -0.3 is 10.0 Å². The second-order valence-corrected chi connectivity index (χ2v) is 8.25. The number of fused-ring (bicyclic) bond motifs is 1. The number of para-hydroxylation sites is 1. The van der Waals surface area contributed by atoms with E-state index in [9.17, 15) is 9.90 Å². The molecule has 5 nitrogen and oxygen atoms in total. The molecule has 0 aliphatic carbocycles. The van der Waals surface area contributed by atoms with Crippen LogP contribution in [0.15, 0.2) is 65.4 Å². The molecule has 0 bridgehead atoms. The van der Waals surface area contributed by atoms with E-state index in [4.69, 9.17) is 0 Å². The van der Waals surface area contributed by atoms with Gasteiger partial charge in [-0.25, -0.2) is 0 Å². The molecule has 152 valence electrons. The van der Waals surface area contributed by atoms with Crippen molar-refractivity contribution in [2.75, 3.05) is 11.9 Å². The Morgan fingerprint density at radius 1 is 1.17 bits per heavy atom. The third kappa shape index (κ3) is 3.03. The van der Waals surface area contributed by atoms with Crippen molar-refractivity contribution in [3.63, 3.8) is 0 Å². The lowest BCUT2D eigenvalue weighted by atomic mass is 9.84. The maximum absolute atomic E-state index is 12.6. The first-order valence-electron chi connectivity index (χ1n) is 9.90. The molecule has 1 aromatic carbocycles. The van der Waals surface area contributed by atoms with E-state index in [2.05, 4.69) is 42.4 Å². The Labute approximate surface area is 175 Å². The first-order valence-corrected chi connectivity index (χ1v) is 9.90. The van der Waals surface area contributed by atoms with Gasteiger partial charge in [-0.15, -0.1) is 0 Å². The summed E-state index contributed by atoms with van der Waals surface area (Å²) >= 11 is 0. The van der Waals surface area contributed by atoms with Gasteiger partial charge in [0.1, 0.15) is 0 Å². The number of allylic oxidation sites excluding steroid dienone is 2. The summed E-state index contributed by atoms with van der Waals surface area (Å²) < 4.78 is 1.77. The maximum atomic E-state index is 12.6. The van der Waals surface area contributed by atoms with Crippen LogP contribution in [0.2, 0.25) is 0 Å². The van der Waals surface area contributed by atoms with Crippen LogP contribution in [-0.4, -0.2) is 17.1 Å². The van der Waals surface area contributed by atoms with Gasteiger partial charge in [-0.05, 0) is 36.8 Å². The normalized spacial score (nSPS) is 16.9. The maximum Gasteiger partial charge on any atom is 0.278 e. The monoisotopic (exact) mass is 400 g/mol. The van der Waals surface area contributed by atoms with Gasteiger partial charge in [-0.3, -0.25) is 9.78 Å². The Hall–Kier alpha value is -3.60. The predicted octanol–water partition coefficient (Wildman–Crippen LogP) is 2.17. The minimum atomic E-state index is -0.373. The summed E-state index contributed by atoms with van der Waals surface area (Å²) in [7, 11) is 2.04. The SMILES string of the molecule is C=c1c(-[n+]2cccc(C)c2)c(O)[nH]c(=O)/c1=C/C=C1\N(C)c2ccccc2C1(C)C. The Kier molecular flexibility index (Phi) is 4.61. The van der Waals surface area contributed by atoms with E-state index >= 15 is 0 Å². The van der Waals surface area contributed by atoms with E-state index in [0.717, 1.165) is 16.9 Å². The number of hydrogen-bond acceptors (Lipinski definition) is 3. The standard InChI is InChI=1S/C25H25N3O2/c1-16-9-8-14-28(15-16)22-17(2)18(23(29)26-24(22)30)12-13-21-25(3,4)19-10-6-7-11-20(19)27(21)5/h6-15H,2H2,1,3-5H3,(H-,26,29,30)/p+1/b18-12+,21-13-. The van der Waals surface area contributed by atoms with Crippen molar-refractivity contribution in [2.45, 2.75) is 26.2 Å². The van der Waals surface area contributed by atoms with Crippen molar-refractivity contribution in [2.24, 2.45) is 0 Å². The van der Waals surface area contributed by atoms with Crippen LogP contribution in [0.5, 0.6) is 5.88 Å². The van der Waals surface area contributed by atoms with Gasteiger partial charge in [0, 0.05) is 35.5 Å². The zero-order chi connectivity index (χ0) is 21.6. The minimum absolute atomic E-state index is 0.193. The molecule has 0 unspecified atom stereocenters. The van der Waals surface area contributed by atoms with Gasteiger partial charge in [-0.1, -0.05) is 38.6 Å². The van der Waals surface area contributed by atoms with Crippen LogP contribution in [0, 0.1) is 6.92 Å². The molecule has 0 amide bonds. The van der Waals surface area contributed by atoms with E-state index in [-0.39, 0.29) is 16.9 Å². The van der Waals surface area contributed by atoms with E-state index in [1.54, 1.807) is 10.6 Å². The quantitative estimate of drug-likeness (QED) is 0.648. The summed E-state index contributed by atoms with van der Waals surface area (Å²) in [4.78, 5) is 17.3. The molecule has 3 heterocycles. The number of H-pyrrole nitrogens is 1. The number of benzene rings is 1. The Morgan fingerprint density at radius 3 is 2.60 bits per heavy atom. The van der Waals surface area contributed by atoms with Crippen LogP contribution in [0.1, 0.15) is 25.0 Å². The van der Waals surface area contributed by atoms with Gasteiger partial charge in [-0.2, -0.15) is 4.57 Å². The van der Waals surface area contributed by atoms with E-state index < -0.39 is 0 Å². The first kappa shape index (κ1) is 19.7. The molecule has 1 aliphatic rings. The number of pyridine rings is 2. The highest BCUT2D eigenvalue weighted by molar-refractivity contribution is 5.71. The first-order chi connectivity index (χ1) is 14.2. The number of aromatic nitrogens is 2. The molecule has 0 fully saturated rings. The zero-order valence-electron chi connectivity index (χ0n) is 17.7. The number of aromatic amines is 1. The lowest BCUT2D eigenvalue weighted by molar-refractivity contribution is -0.597. The Balaban J connectivity index is 1.91. The molecular weight excluding hydrogens is 374 g/mol. The molecule has 4 rings (SSSR count). The Morgan fingerprint density at radius 2 is 1.90 bits per heavy atom. The number of nitrogens with one attached hydrogen (secondary N) is 1. The molecule has 1 aliphatic heterocycles. The molecule has 30 heavy (non-hydrogen) atoms. The molecular formula is C25H26N3O2+. The van der Waals surface area contributed by atoms with Crippen molar-refractivity contribution >= 4 is 18.3 Å². The van der Waals surface area contributed by atoms with E-state index in [1.807, 2.05) is 56.7 Å². The number of rotatable bonds is 2. The van der Waals surface area contributed by atoms with Crippen LogP contribution in [0.25, 0.3) is 18.3 Å². The summed E-state index contributed by atoms with van der Waals surface area (Å²) in [6.45, 7) is 10.4. The second-order valence-electron chi connectivity index (χ2n) is 8.25. The fourth-order valence-electron chi connectivity index (χ4n) is 4.29. The molecule has 0 radical (unpaired) electrons. The summed E-state index contributed by atoms with van der Waals surface area (Å²) in [6.07, 6.45) is 7.47. The highest BCUT2D eigenvalue weighted by Crippen LogP contribution is 2.46. The number of aromatic hydroxyl groups is 1. The van der Waals surface area contributed by atoms with Crippen LogP contribution < -0.4 is 25.5 Å². The fraction of sp³-hybridized carbons (Fsp3) is 0.200. The fourth-order valence-corrected chi connectivity index (χ4v) is 4.29. The van der Waals surface area contributed by atoms with Crippen molar-refractivity contribution in [1.29, 1.82) is 0 Å². The van der Waals surface area contributed by atoms with Gasteiger partial charge >= 0.3 is 0 Å². The topological polar surface area (TPSA) is 60.2 Å². The largest absolute Gasteiger partial charge is 0.490 e. The van der Waals surface area contributed by atoms with Crippen LogP contribution >= 0.6 is 0 Å². The van der Waals surface area contributed by atoms with Crippen LogP contribution in [0.4, 0.5) is 5.69 Å². The minimum Gasteiger partial charge on any atom is -0.490 e. The number of hydrogen-bond donors (Lipinski definition) is 2. The van der Waals surface area contributed by atoms with Crippen molar-refractivity contribution in [3.05, 3.63) is 92.5 Å².